The highest BCUT2D eigenvalue weighted by Crippen LogP contribution is 2.41. The van der Waals surface area contributed by atoms with Crippen molar-refractivity contribution in [1.29, 1.82) is 0 Å². The van der Waals surface area contributed by atoms with E-state index in [2.05, 4.69) is 17.0 Å². The van der Waals surface area contributed by atoms with Crippen LogP contribution in [0.25, 0.3) is 0 Å². The summed E-state index contributed by atoms with van der Waals surface area (Å²) in [5, 5.41) is 0. The van der Waals surface area contributed by atoms with Crippen LogP contribution in [0.3, 0.4) is 0 Å². The number of benzene rings is 3. The van der Waals surface area contributed by atoms with Gasteiger partial charge in [-0.15, -0.1) is 0 Å². The van der Waals surface area contributed by atoms with Crippen LogP contribution in [0.5, 0.6) is 11.5 Å². The predicted molar refractivity (Wildman–Crippen MR) is 138 cm³/mol. The van der Waals surface area contributed by atoms with Crippen LogP contribution in [-0.4, -0.2) is 40.2 Å². The summed E-state index contributed by atoms with van der Waals surface area (Å²) in [5.74, 6) is 1.84. The van der Waals surface area contributed by atoms with Crippen molar-refractivity contribution in [2.45, 2.75) is 38.1 Å². The fourth-order valence-corrected chi connectivity index (χ4v) is 5.44. The Morgan fingerprint density at radius 1 is 0.944 bits per heavy atom. The zero-order valence-corrected chi connectivity index (χ0v) is 21.0. The summed E-state index contributed by atoms with van der Waals surface area (Å²) >= 11 is 0. The highest BCUT2D eigenvalue weighted by atomic mass is 19.1. The summed E-state index contributed by atoms with van der Waals surface area (Å²) in [6.07, 6.45) is 2.44. The Bertz CT molecular complexity index is 1140. The molecule has 6 heteroatoms. The van der Waals surface area contributed by atoms with Crippen molar-refractivity contribution in [2.75, 3.05) is 38.8 Å². The molecule has 1 unspecified atom stereocenters. The van der Waals surface area contributed by atoms with Crippen molar-refractivity contribution in [3.8, 4) is 11.5 Å². The van der Waals surface area contributed by atoms with E-state index in [0.717, 1.165) is 60.5 Å². The average molecular weight is 492 g/mol. The summed E-state index contributed by atoms with van der Waals surface area (Å²) in [5.41, 5.74) is 3.84. The van der Waals surface area contributed by atoms with Gasteiger partial charge in [0.15, 0.2) is 6.29 Å². The van der Waals surface area contributed by atoms with Crippen LogP contribution in [0.1, 0.15) is 41.9 Å². The van der Waals surface area contributed by atoms with Gasteiger partial charge in [0.05, 0.1) is 12.3 Å². The first-order valence-electron chi connectivity index (χ1n) is 12.7. The Balaban J connectivity index is 1.27. The molecule has 5 rings (SSSR count). The van der Waals surface area contributed by atoms with Gasteiger partial charge in [-0.3, -0.25) is 0 Å². The molecule has 0 aromatic heterocycles. The SMILES string of the molecule is COC(OC)C1CCN(c2ccc(C3CCOc4cc(OCc5ccccc5)ccc43)cc2F)CC1. The molecule has 3 aromatic rings. The van der Waals surface area contributed by atoms with E-state index in [9.17, 15) is 0 Å². The van der Waals surface area contributed by atoms with E-state index in [-0.39, 0.29) is 18.0 Å². The maximum Gasteiger partial charge on any atom is 0.159 e. The second kappa shape index (κ2) is 11.3. The van der Waals surface area contributed by atoms with Gasteiger partial charge in [0.25, 0.3) is 0 Å². The zero-order valence-electron chi connectivity index (χ0n) is 21.0. The van der Waals surface area contributed by atoms with Gasteiger partial charge < -0.3 is 23.8 Å². The Morgan fingerprint density at radius 2 is 1.72 bits per heavy atom. The Kier molecular flexibility index (Phi) is 7.73. The first kappa shape index (κ1) is 24.6. The third-order valence-corrected chi connectivity index (χ3v) is 7.38. The summed E-state index contributed by atoms with van der Waals surface area (Å²) in [4.78, 5) is 2.13. The van der Waals surface area contributed by atoms with Gasteiger partial charge in [-0.05, 0) is 48.6 Å². The largest absolute Gasteiger partial charge is 0.493 e. The topological polar surface area (TPSA) is 40.2 Å². The fourth-order valence-electron chi connectivity index (χ4n) is 5.44. The molecule has 36 heavy (non-hydrogen) atoms. The first-order chi connectivity index (χ1) is 17.7. The van der Waals surface area contributed by atoms with E-state index in [1.165, 1.54) is 0 Å². The van der Waals surface area contributed by atoms with Gasteiger partial charge in [0.2, 0.25) is 0 Å². The smallest absolute Gasteiger partial charge is 0.159 e. The molecule has 0 spiro atoms. The van der Waals surface area contributed by atoms with Crippen LogP contribution in [0, 0.1) is 11.7 Å². The van der Waals surface area contributed by atoms with Crippen LogP contribution >= 0.6 is 0 Å². The standard InChI is InChI=1S/C30H34FNO4/c1-33-30(34-2)22-12-15-32(16-13-22)28-11-8-23(18-27(28)31)25-14-17-35-29-19-24(9-10-26(25)29)36-20-21-6-4-3-5-7-21/h3-11,18-19,22,25,30H,12-17,20H2,1-2H3. The molecule has 0 N–H and O–H groups in total. The lowest BCUT2D eigenvalue weighted by molar-refractivity contribution is -0.141. The Morgan fingerprint density at radius 3 is 2.44 bits per heavy atom. The minimum absolute atomic E-state index is 0.0929. The van der Waals surface area contributed by atoms with Crippen LogP contribution < -0.4 is 14.4 Å². The molecule has 2 aliphatic rings. The molecule has 0 amide bonds. The summed E-state index contributed by atoms with van der Waals surface area (Å²) in [7, 11) is 3.35. The number of hydrogen-bond acceptors (Lipinski definition) is 5. The van der Waals surface area contributed by atoms with E-state index in [1.54, 1.807) is 20.3 Å². The number of hydrogen-bond donors (Lipinski definition) is 0. The molecule has 0 bridgehead atoms. The average Bonchev–Trinajstić information content (AvgIpc) is 2.93. The fraction of sp³-hybridized carbons (Fsp3) is 0.400. The summed E-state index contributed by atoms with van der Waals surface area (Å²) in [6, 6.07) is 21.8. The second-order valence-corrected chi connectivity index (χ2v) is 9.54. The number of fused-ring (bicyclic) bond motifs is 1. The maximum absolute atomic E-state index is 15.3. The number of anilines is 1. The van der Waals surface area contributed by atoms with E-state index in [4.69, 9.17) is 18.9 Å². The van der Waals surface area contributed by atoms with Crippen molar-refractivity contribution >= 4 is 5.69 Å². The number of ether oxygens (including phenoxy) is 4. The molecule has 190 valence electrons. The van der Waals surface area contributed by atoms with Crippen LogP contribution in [0.4, 0.5) is 10.1 Å². The minimum Gasteiger partial charge on any atom is -0.493 e. The van der Waals surface area contributed by atoms with E-state index >= 15 is 4.39 Å². The van der Waals surface area contributed by atoms with Crippen molar-refractivity contribution in [2.24, 2.45) is 5.92 Å². The third-order valence-electron chi connectivity index (χ3n) is 7.38. The molecule has 3 aromatic carbocycles. The molecule has 1 fully saturated rings. The second-order valence-electron chi connectivity index (χ2n) is 9.54. The molecule has 0 saturated carbocycles. The number of nitrogens with zero attached hydrogens (tertiary/aromatic N) is 1. The number of piperidine rings is 1. The van der Waals surface area contributed by atoms with Crippen LogP contribution in [0.15, 0.2) is 66.7 Å². The summed E-state index contributed by atoms with van der Waals surface area (Å²) < 4.78 is 38.1. The lowest BCUT2D eigenvalue weighted by Crippen LogP contribution is -2.39. The number of methoxy groups -OCH3 is 2. The Labute approximate surface area is 212 Å². The molecule has 0 radical (unpaired) electrons. The quantitative estimate of drug-likeness (QED) is 0.353. The van der Waals surface area contributed by atoms with Gasteiger partial charge in [-0.25, -0.2) is 4.39 Å². The molecular weight excluding hydrogens is 457 g/mol. The molecule has 2 heterocycles. The first-order valence-corrected chi connectivity index (χ1v) is 12.7. The third kappa shape index (κ3) is 5.35. The van der Waals surface area contributed by atoms with Gasteiger partial charge in [-0.2, -0.15) is 0 Å². The maximum atomic E-state index is 15.3. The molecule has 0 aliphatic carbocycles. The van der Waals surface area contributed by atoms with E-state index < -0.39 is 0 Å². The molecular formula is C30H34FNO4. The van der Waals surface area contributed by atoms with Gasteiger partial charge in [0.1, 0.15) is 23.9 Å². The van der Waals surface area contributed by atoms with E-state index in [0.29, 0.717) is 24.8 Å². The highest BCUT2D eigenvalue weighted by molar-refractivity contribution is 5.53. The molecule has 1 atom stereocenters. The van der Waals surface area contributed by atoms with Crippen molar-refractivity contribution < 1.29 is 23.3 Å². The molecule has 1 saturated heterocycles. The molecule has 5 nitrogen and oxygen atoms in total. The summed E-state index contributed by atoms with van der Waals surface area (Å²) in [6.45, 7) is 2.67. The van der Waals surface area contributed by atoms with Crippen LogP contribution in [0.2, 0.25) is 0 Å². The lowest BCUT2D eigenvalue weighted by atomic mass is 9.86. The highest BCUT2D eigenvalue weighted by Gasteiger charge is 2.29. The van der Waals surface area contributed by atoms with E-state index in [1.807, 2.05) is 48.5 Å². The number of halogens is 1. The Hall–Kier alpha value is -3.09. The van der Waals surface area contributed by atoms with Gasteiger partial charge in [-0.1, -0.05) is 42.5 Å². The van der Waals surface area contributed by atoms with Crippen molar-refractivity contribution in [1.82, 2.24) is 0 Å². The predicted octanol–water partition coefficient (Wildman–Crippen LogP) is 6.15. The van der Waals surface area contributed by atoms with Crippen molar-refractivity contribution in [3.05, 3.63) is 89.2 Å². The van der Waals surface area contributed by atoms with Crippen LogP contribution in [-0.2, 0) is 16.1 Å². The molecule has 2 aliphatic heterocycles. The van der Waals surface area contributed by atoms with Crippen molar-refractivity contribution in [3.63, 3.8) is 0 Å². The van der Waals surface area contributed by atoms with Gasteiger partial charge in [0, 0.05) is 50.8 Å². The normalized spacial score (nSPS) is 18.1. The lowest BCUT2D eigenvalue weighted by Gasteiger charge is -2.36. The minimum atomic E-state index is -0.197. The zero-order chi connectivity index (χ0) is 24.9. The monoisotopic (exact) mass is 491 g/mol. The van der Waals surface area contributed by atoms with Gasteiger partial charge >= 0.3 is 0 Å². The number of rotatable bonds is 8.